The van der Waals surface area contributed by atoms with Gasteiger partial charge in [0.05, 0.1) is 12.2 Å². The van der Waals surface area contributed by atoms with Gasteiger partial charge in [-0.3, -0.25) is 4.79 Å². The second kappa shape index (κ2) is 9.34. The van der Waals surface area contributed by atoms with Crippen molar-refractivity contribution in [3.63, 3.8) is 0 Å². The summed E-state index contributed by atoms with van der Waals surface area (Å²) in [5.74, 6) is -0.566. The topological polar surface area (TPSA) is 76.5 Å². The number of carbonyl (C=O) groups excluding carboxylic acids is 1. The van der Waals surface area contributed by atoms with Gasteiger partial charge in [-0.15, -0.1) is 0 Å². The number of rotatable bonds is 8. The molecule has 1 N–H and O–H groups in total. The molecule has 148 valence electrons. The lowest BCUT2D eigenvalue weighted by atomic mass is 9.98. The highest BCUT2D eigenvalue weighted by molar-refractivity contribution is 6.30. The Morgan fingerprint density at radius 1 is 1.00 bits per heavy atom. The van der Waals surface area contributed by atoms with Crippen LogP contribution in [0.3, 0.4) is 0 Å². The van der Waals surface area contributed by atoms with E-state index in [0.717, 1.165) is 16.7 Å². The first-order chi connectivity index (χ1) is 14.0. The summed E-state index contributed by atoms with van der Waals surface area (Å²) in [6, 6.07) is 15.9. The zero-order chi connectivity index (χ0) is 20.8. The summed E-state index contributed by atoms with van der Waals surface area (Å²) in [6.45, 7) is 2.47. The normalized spacial score (nSPS) is 10.6. The predicted octanol–water partition coefficient (Wildman–Crippen LogP) is 4.85. The van der Waals surface area contributed by atoms with Crippen LogP contribution in [0.15, 0.2) is 60.8 Å². The van der Waals surface area contributed by atoms with E-state index in [1.54, 1.807) is 6.20 Å². The lowest BCUT2D eigenvalue weighted by Gasteiger charge is -2.08. The van der Waals surface area contributed by atoms with Gasteiger partial charge in [0.2, 0.25) is 5.88 Å². The fourth-order valence-electron chi connectivity index (χ4n) is 3.02. The quantitative estimate of drug-likeness (QED) is 0.575. The van der Waals surface area contributed by atoms with E-state index in [9.17, 15) is 14.7 Å². The van der Waals surface area contributed by atoms with Gasteiger partial charge < -0.3 is 9.84 Å². The van der Waals surface area contributed by atoms with E-state index in [1.807, 2.05) is 43.3 Å². The van der Waals surface area contributed by atoms with E-state index >= 15 is 0 Å². The molecule has 3 aromatic rings. The van der Waals surface area contributed by atoms with Crippen molar-refractivity contribution in [1.82, 2.24) is 4.98 Å². The summed E-state index contributed by atoms with van der Waals surface area (Å²) < 4.78 is 5.35. The molecule has 0 unspecified atom stereocenters. The predicted molar refractivity (Wildman–Crippen MR) is 112 cm³/mol. The number of benzene rings is 2. The minimum Gasteiger partial charge on any atom is -0.478 e. The number of nitrogens with zero attached hydrogens (tertiary/aromatic N) is 1. The molecule has 0 aliphatic carbocycles. The van der Waals surface area contributed by atoms with Crippen molar-refractivity contribution < 1.29 is 19.4 Å². The van der Waals surface area contributed by atoms with Gasteiger partial charge in [-0.05, 0) is 47.9 Å². The van der Waals surface area contributed by atoms with Crippen LogP contribution in [0.25, 0.3) is 11.1 Å². The molecule has 0 atom stereocenters. The highest BCUT2D eigenvalue weighted by Gasteiger charge is 2.14. The van der Waals surface area contributed by atoms with E-state index in [4.69, 9.17) is 16.3 Å². The van der Waals surface area contributed by atoms with E-state index in [1.165, 1.54) is 18.2 Å². The fraction of sp³-hybridized carbons (Fsp3) is 0.174. The molecule has 0 amide bonds. The van der Waals surface area contributed by atoms with Crippen molar-refractivity contribution in [2.75, 3.05) is 6.61 Å². The Bertz CT molecular complexity index is 1010. The molecule has 6 heteroatoms. The van der Waals surface area contributed by atoms with Gasteiger partial charge >= 0.3 is 5.97 Å². The lowest BCUT2D eigenvalue weighted by molar-refractivity contribution is -0.117. The Morgan fingerprint density at radius 2 is 1.72 bits per heavy atom. The first kappa shape index (κ1) is 20.6. The average molecular weight is 410 g/mol. The van der Waals surface area contributed by atoms with Crippen molar-refractivity contribution in [3.8, 4) is 17.0 Å². The molecule has 5 nitrogen and oxygen atoms in total. The SMILES string of the molecule is CCOc1ccc(-c2ccc(CC(=O)Cc3cc(Cl)ccc3C(=O)O)cc2)cn1. The molecule has 0 saturated heterocycles. The number of pyridine rings is 1. The number of aromatic nitrogens is 1. The molecule has 3 rings (SSSR count). The smallest absolute Gasteiger partial charge is 0.335 e. The Labute approximate surface area is 173 Å². The van der Waals surface area contributed by atoms with Crippen molar-refractivity contribution in [1.29, 1.82) is 0 Å². The first-order valence-electron chi connectivity index (χ1n) is 9.18. The molecule has 2 aromatic carbocycles. The summed E-state index contributed by atoms with van der Waals surface area (Å²) in [7, 11) is 0. The number of halogens is 1. The molecule has 1 heterocycles. The Kier molecular flexibility index (Phi) is 6.62. The Balaban J connectivity index is 1.67. The van der Waals surface area contributed by atoms with Crippen LogP contribution < -0.4 is 4.74 Å². The Morgan fingerprint density at radius 3 is 2.34 bits per heavy atom. The number of hydrogen-bond acceptors (Lipinski definition) is 4. The molecule has 1 aromatic heterocycles. The maximum Gasteiger partial charge on any atom is 0.335 e. The van der Waals surface area contributed by atoms with E-state index in [2.05, 4.69) is 4.98 Å². The molecule has 0 fully saturated rings. The van der Waals surface area contributed by atoms with Crippen molar-refractivity contribution in [2.24, 2.45) is 0 Å². The minimum atomic E-state index is -1.07. The molecule has 0 spiro atoms. The molecule has 0 radical (unpaired) electrons. The van der Waals surface area contributed by atoms with Crippen LogP contribution in [-0.2, 0) is 17.6 Å². The Hall–Kier alpha value is -3.18. The van der Waals surface area contributed by atoms with Crippen LogP contribution >= 0.6 is 11.6 Å². The number of Topliss-reactive ketones (excluding diaryl/α,β-unsaturated/α-hetero) is 1. The number of hydrogen-bond donors (Lipinski definition) is 1. The monoisotopic (exact) mass is 409 g/mol. The first-order valence-corrected chi connectivity index (χ1v) is 9.55. The maximum atomic E-state index is 12.5. The van der Waals surface area contributed by atoms with Crippen molar-refractivity contribution in [2.45, 2.75) is 19.8 Å². The number of aromatic carboxylic acids is 1. The number of ether oxygens (including phenoxy) is 1. The molecule has 29 heavy (non-hydrogen) atoms. The molecular formula is C23H20ClNO4. The van der Waals surface area contributed by atoms with E-state index in [0.29, 0.717) is 23.1 Å². The zero-order valence-corrected chi connectivity index (χ0v) is 16.6. The minimum absolute atomic E-state index is 0.0206. The standard InChI is InChI=1S/C23H20ClNO4/c1-2-29-22-10-7-17(14-25-22)16-5-3-15(4-6-16)11-20(26)13-18-12-19(24)8-9-21(18)23(27)28/h3-10,12,14H,2,11,13H2,1H3,(H,27,28). The fourth-order valence-corrected chi connectivity index (χ4v) is 3.21. The zero-order valence-electron chi connectivity index (χ0n) is 15.9. The third-order valence-electron chi connectivity index (χ3n) is 4.40. The largest absolute Gasteiger partial charge is 0.478 e. The van der Waals surface area contributed by atoms with Crippen molar-refractivity contribution in [3.05, 3.63) is 82.5 Å². The molecule has 0 aliphatic heterocycles. The summed E-state index contributed by atoms with van der Waals surface area (Å²) in [4.78, 5) is 28.1. The van der Waals surface area contributed by atoms with Crippen LogP contribution in [0.1, 0.15) is 28.4 Å². The molecule has 0 saturated carbocycles. The molecule has 0 aliphatic rings. The van der Waals surface area contributed by atoms with Crippen LogP contribution in [0.5, 0.6) is 5.88 Å². The van der Waals surface area contributed by atoms with Gasteiger partial charge in [0.25, 0.3) is 0 Å². The average Bonchev–Trinajstić information content (AvgIpc) is 2.69. The number of carbonyl (C=O) groups is 2. The maximum absolute atomic E-state index is 12.5. The van der Waals surface area contributed by atoms with Crippen LogP contribution in [0.2, 0.25) is 5.02 Å². The summed E-state index contributed by atoms with van der Waals surface area (Å²) in [6.07, 6.45) is 1.98. The summed E-state index contributed by atoms with van der Waals surface area (Å²) >= 11 is 5.95. The van der Waals surface area contributed by atoms with Gasteiger partial charge in [0, 0.05) is 35.7 Å². The second-order valence-corrected chi connectivity index (χ2v) is 6.95. The van der Waals surface area contributed by atoms with E-state index in [-0.39, 0.29) is 24.2 Å². The third-order valence-corrected chi connectivity index (χ3v) is 4.64. The highest BCUT2D eigenvalue weighted by atomic mass is 35.5. The van der Waals surface area contributed by atoms with Crippen LogP contribution in [-0.4, -0.2) is 28.4 Å². The molecule has 0 bridgehead atoms. The van der Waals surface area contributed by atoms with Crippen LogP contribution in [0.4, 0.5) is 0 Å². The third kappa shape index (κ3) is 5.42. The summed E-state index contributed by atoms with van der Waals surface area (Å²) in [5.41, 5.74) is 3.32. The highest BCUT2D eigenvalue weighted by Crippen LogP contribution is 2.22. The van der Waals surface area contributed by atoms with Gasteiger partial charge in [-0.2, -0.15) is 0 Å². The number of carboxylic acids is 1. The second-order valence-electron chi connectivity index (χ2n) is 6.51. The van der Waals surface area contributed by atoms with E-state index < -0.39 is 5.97 Å². The van der Waals surface area contributed by atoms with Crippen LogP contribution in [0, 0.1) is 0 Å². The number of carboxylic acid groups (broad SMARTS) is 1. The van der Waals surface area contributed by atoms with Gasteiger partial charge in [0.1, 0.15) is 5.78 Å². The van der Waals surface area contributed by atoms with Gasteiger partial charge in [-0.25, -0.2) is 9.78 Å². The molecular weight excluding hydrogens is 390 g/mol. The van der Waals surface area contributed by atoms with Gasteiger partial charge in [0.15, 0.2) is 0 Å². The lowest BCUT2D eigenvalue weighted by Crippen LogP contribution is -2.11. The number of ketones is 1. The van der Waals surface area contributed by atoms with Gasteiger partial charge in [-0.1, -0.05) is 35.9 Å². The summed E-state index contributed by atoms with van der Waals surface area (Å²) in [5, 5.41) is 9.69. The van der Waals surface area contributed by atoms with Crippen molar-refractivity contribution >= 4 is 23.4 Å².